The highest BCUT2D eigenvalue weighted by Crippen LogP contribution is 2.34. The maximum atomic E-state index is 13.1. The van der Waals surface area contributed by atoms with Crippen LogP contribution in [0.2, 0.25) is 0 Å². The van der Waals surface area contributed by atoms with Crippen molar-refractivity contribution in [2.45, 2.75) is 6.18 Å². The number of imidazole rings is 1. The smallest absolute Gasteiger partial charge is 0.418 e. The standard InChI is InChI=1S/C15H11F3N2O2/c1-22-12-8-3-2-6-10(12)20-11-7-4-5-9(15(16,17)18)13(11)19-14(20)21/h2-8H,1H3,(H,19,21). The van der Waals surface area contributed by atoms with Gasteiger partial charge in [0.1, 0.15) is 5.75 Å². The van der Waals surface area contributed by atoms with Gasteiger partial charge < -0.3 is 9.72 Å². The van der Waals surface area contributed by atoms with Crippen molar-refractivity contribution in [2.75, 3.05) is 7.11 Å². The number of alkyl halides is 3. The number of aromatic nitrogens is 2. The van der Waals surface area contributed by atoms with Crippen LogP contribution < -0.4 is 10.4 Å². The number of para-hydroxylation sites is 3. The molecule has 0 aliphatic carbocycles. The van der Waals surface area contributed by atoms with E-state index in [4.69, 9.17) is 4.74 Å². The summed E-state index contributed by atoms with van der Waals surface area (Å²) in [5, 5.41) is 0. The van der Waals surface area contributed by atoms with Gasteiger partial charge in [-0.3, -0.25) is 4.57 Å². The molecule has 1 aromatic heterocycles. The number of H-pyrrole nitrogens is 1. The first kappa shape index (κ1) is 14.2. The Bertz CT molecular complexity index is 894. The number of hydrogen-bond acceptors (Lipinski definition) is 2. The lowest BCUT2D eigenvalue weighted by Gasteiger charge is -2.10. The molecule has 2 aromatic carbocycles. The number of methoxy groups -OCH3 is 1. The SMILES string of the molecule is COc1ccccc1-n1c(=O)[nH]c2c(C(F)(F)F)cccc21. The topological polar surface area (TPSA) is 47.0 Å². The minimum absolute atomic E-state index is 0.143. The summed E-state index contributed by atoms with van der Waals surface area (Å²) < 4.78 is 45.5. The van der Waals surface area contributed by atoms with Gasteiger partial charge in [0.15, 0.2) is 0 Å². The van der Waals surface area contributed by atoms with Crippen molar-refractivity contribution in [2.24, 2.45) is 0 Å². The quantitative estimate of drug-likeness (QED) is 0.789. The van der Waals surface area contributed by atoms with Gasteiger partial charge in [-0.05, 0) is 24.3 Å². The van der Waals surface area contributed by atoms with Gasteiger partial charge in [-0.25, -0.2) is 4.79 Å². The minimum atomic E-state index is -4.55. The predicted octanol–water partition coefficient (Wildman–Crippen LogP) is 3.35. The van der Waals surface area contributed by atoms with E-state index in [9.17, 15) is 18.0 Å². The predicted molar refractivity (Wildman–Crippen MR) is 75.4 cm³/mol. The van der Waals surface area contributed by atoms with E-state index in [2.05, 4.69) is 4.98 Å². The molecule has 0 atom stereocenters. The van der Waals surface area contributed by atoms with Crippen molar-refractivity contribution >= 4 is 11.0 Å². The summed E-state index contributed by atoms with van der Waals surface area (Å²) in [4.78, 5) is 14.5. The number of hydrogen-bond donors (Lipinski definition) is 1. The third-order valence-corrected chi connectivity index (χ3v) is 3.35. The Hall–Kier alpha value is -2.70. The van der Waals surface area contributed by atoms with Gasteiger partial charge in [-0.2, -0.15) is 13.2 Å². The summed E-state index contributed by atoms with van der Waals surface area (Å²) in [7, 11) is 1.43. The zero-order chi connectivity index (χ0) is 15.9. The monoisotopic (exact) mass is 308 g/mol. The number of nitrogens with zero attached hydrogens (tertiary/aromatic N) is 1. The van der Waals surface area contributed by atoms with Crippen LogP contribution in [0.25, 0.3) is 16.7 Å². The third kappa shape index (κ3) is 2.14. The van der Waals surface area contributed by atoms with E-state index in [0.717, 1.165) is 6.07 Å². The van der Waals surface area contributed by atoms with Crippen LogP contribution >= 0.6 is 0 Å². The number of nitrogens with one attached hydrogen (secondary N) is 1. The molecule has 1 N–H and O–H groups in total. The zero-order valence-electron chi connectivity index (χ0n) is 11.4. The van der Waals surface area contributed by atoms with Crippen LogP contribution in [0.15, 0.2) is 47.3 Å². The average Bonchev–Trinajstić information content (AvgIpc) is 2.81. The maximum Gasteiger partial charge on any atom is 0.418 e. The van der Waals surface area contributed by atoms with Crippen LogP contribution in [0.4, 0.5) is 13.2 Å². The summed E-state index contributed by atoms with van der Waals surface area (Å²) >= 11 is 0. The van der Waals surface area contributed by atoms with Crippen LogP contribution in [-0.2, 0) is 6.18 Å². The molecule has 4 nitrogen and oxygen atoms in total. The van der Waals surface area contributed by atoms with E-state index in [1.54, 1.807) is 24.3 Å². The summed E-state index contributed by atoms with van der Waals surface area (Å²) in [5.74, 6) is 0.392. The zero-order valence-corrected chi connectivity index (χ0v) is 11.4. The summed E-state index contributed by atoms with van der Waals surface area (Å²) in [6.45, 7) is 0. The lowest BCUT2D eigenvalue weighted by atomic mass is 10.1. The number of ether oxygens (including phenoxy) is 1. The highest BCUT2D eigenvalue weighted by atomic mass is 19.4. The Morgan fingerprint density at radius 3 is 2.50 bits per heavy atom. The number of fused-ring (bicyclic) bond motifs is 1. The third-order valence-electron chi connectivity index (χ3n) is 3.35. The van der Waals surface area contributed by atoms with Crippen molar-refractivity contribution < 1.29 is 17.9 Å². The second kappa shape index (κ2) is 4.94. The minimum Gasteiger partial charge on any atom is -0.495 e. The van der Waals surface area contributed by atoms with Crippen molar-refractivity contribution in [3.63, 3.8) is 0 Å². The Morgan fingerprint density at radius 1 is 1.09 bits per heavy atom. The van der Waals surface area contributed by atoms with E-state index >= 15 is 0 Å². The van der Waals surface area contributed by atoms with E-state index in [0.29, 0.717) is 11.4 Å². The molecular formula is C15H11F3N2O2. The van der Waals surface area contributed by atoms with Crippen LogP contribution in [0.5, 0.6) is 5.75 Å². The van der Waals surface area contributed by atoms with E-state index in [-0.39, 0.29) is 11.0 Å². The van der Waals surface area contributed by atoms with Gasteiger partial charge in [0.25, 0.3) is 0 Å². The highest BCUT2D eigenvalue weighted by Gasteiger charge is 2.34. The first-order valence-corrected chi connectivity index (χ1v) is 6.38. The van der Waals surface area contributed by atoms with E-state index in [1.807, 2.05) is 0 Å². The Morgan fingerprint density at radius 2 is 1.82 bits per heavy atom. The molecular weight excluding hydrogens is 297 g/mol. The van der Waals surface area contributed by atoms with Gasteiger partial charge in [-0.1, -0.05) is 18.2 Å². The lowest BCUT2D eigenvalue weighted by molar-refractivity contribution is -0.136. The maximum absolute atomic E-state index is 13.1. The van der Waals surface area contributed by atoms with Gasteiger partial charge in [0.05, 0.1) is 29.4 Å². The van der Waals surface area contributed by atoms with Gasteiger partial charge in [-0.15, -0.1) is 0 Å². The molecule has 0 fully saturated rings. The molecule has 0 bridgehead atoms. The number of halogens is 3. The summed E-state index contributed by atoms with van der Waals surface area (Å²) in [5.41, 5.74) is -1.26. The van der Waals surface area contributed by atoms with Gasteiger partial charge in [0.2, 0.25) is 0 Å². The molecule has 3 rings (SSSR count). The Labute approximate surface area is 122 Å². The van der Waals surface area contributed by atoms with Gasteiger partial charge in [0, 0.05) is 0 Å². The molecule has 114 valence electrons. The molecule has 0 saturated heterocycles. The summed E-state index contributed by atoms with van der Waals surface area (Å²) in [6, 6.07) is 10.3. The van der Waals surface area contributed by atoms with Gasteiger partial charge >= 0.3 is 11.9 Å². The largest absolute Gasteiger partial charge is 0.495 e. The Kier molecular flexibility index (Phi) is 3.20. The van der Waals surface area contributed by atoms with Crippen LogP contribution in [-0.4, -0.2) is 16.7 Å². The first-order chi connectivity index (χ1) is 10.4. The van der Waals surface area contributed by atoms with Crippen molar-refractivity contribution in [1.29, 1.82) is 0 Å². The molecule has 0 amide bonds. The number of aromatic amines is 1. The number of rotatable bonds is 2. The normalized spacial score (nSPS) is 11.8. The molecule has 22 heavy (non-hydrogen) atoms. The molecule has 0 aliphatic rings. The number of benzene rings is 2. The highest BCUT2D eigenvalue weighted by molar-refractivity contribution is 5.81. The fourth-order valence-electron chi connectivity index (χ4n) is 2.42. The lowest BCUT2D eigenvalue weighted by Crippen LogP contribution is -2.15. The molecule has 0 unspecified atom stereocenters. The molecule has 0 saturated carbocycles. The molecule has 0 spiro atoms. The van der Waals surface area contributed by atoms with Crippen molar-refractivity contribution in [3.05, 3.63) is 58.5 Å². The molecule has 1 heterocycles. The molecule has 0 radical (unpaired) electrons. The van der Waals surface area contributed by atoms with Crippen LogP contribution in [0.1, 0.15) is 5.56 Å². The second-order valence-electron chi connectivity index (χ2n) is 4.63. The van der Waals surface area contributed by atoms with E-state index in [1.165, 1.54) is 23.8 Å². The molecule has 3 aromatic rings. The summed E-state index contributed by atoms with van der Waals surface area (Å²) in [6.07, 6.45) is -4.55. The fourth-order valence-corrected chi connectivity index (χ4v) is 2.42. The van der Waals surface area contributed by atoms with Crippen LogP contribution in [0.3, 0.4) is 0 Å². The molecule has 0 aliphatic heterocycles. The molecule has 7 heteroatoms. The second-order valence-corrected chi connectivity index (χ2v) is 4.63. The van der Waals surface area contributed by atoms with Crippen molar-refractivity contribution in [1.82, 2.24) is 9.55 Å². The van der Waals surface area contributed by atoms with Crippen LogP contribution in [0, 0.1) is 0 Å². The van der Waals surface area contributed by atoms with E-state index < -0.39 is 17.4 Å². The first-order valence-electron chi connectivity index (χ1n) is 6.38. The Balaban J connectivity index is 2.38. The average molecular weight is 308 g/mol. The van der Waals surface area contributed by atoms with Crippen molar-refractivity contribution in [3.8, 4) is 11.4 Å². The fraction of sp³-hybridized carbons (Fsp3) is 0.133.